The Bertz CT molecular complexity index is 505. The van der Waals surface area contributed by atoms with Crippen LogP contribution < -0.4 is 5.32 Å². The molecule has 1 fully saturated rings. The molecule has 1 aromatic heterocycles. The van der Waals surface area contributed by atoms with Crippen molar-refractivity contribution in [2.45, 2.75) is 45.3 Å². The van der Waals surface area contributed by atoms with Crippen molar-refractivity contribution >= 4 is 11.9 Å². The Morgan fingerprint density at radius 2 is 2.23 bits per heavy atom. The van der Waals surface area contributed by atoms with Crippen molar-refractivity contribution in [2.24, 2.45) is 0 Å². The Morgan fingerprint density at radius 3 is 2.86 bits per heavy atom. The zero-order valence-corrected chi connectivity index (χ0v) is 13.4. The minimum atomic E-state index is -0.493. The number of nitrogens with zero attached hydrogens (tertiary/aromatic N) is 1. The van der Waals surface area contributed by atoms with Gasteiger partial charge in [0.05, 0.1) is 12.8 Å². The third-order valence-corrected chi connectivity index (χ3v) is 3.47. The van der Waals surface area contributed by atoms with Crippen molar-refractivity contribution in [3.05, 3.63) is 24.2 Å². The fraction of sp³-hybridized carbons (Fsp3) is 0.625. The van der Waals surface area contributed by atoms with Gasteiger partial charge in [-0.05, 0) is 45.7 Å². The van der Waals surface area contributed by atoms with E-state index in [0.717, 1.165) is 12.8 Å². The van der Waals surface area contributed by atoms with E-state index in [1.54, 1.807) is 17.0 Å². The summed E-state index contributed by atoms with van der Waals surface area (Å²) in [6.45, 7) is 7.05. The number of furan rings is 1. The molecule has 1 aromatic rings. The molecule has 2 rings (SSSR count). The van der Waals surface area contributed by atoms with E-state index in [0.29, 0.717) is 18.8 Å². The van der Waals surface area contributed by atoms with Gasteiger partial charge in [0.25, 0.3) is 0 Å². The SMILES string of the molecule is CC(C)(C)OC(=O)N1CCCC1CNCC(=O)c1ccco1. The van der Waals surface area contributed by atoms with E-state index in [2.05, 4.69) is 5.32 Å². The van der Waals surface area contributed by atoms with Crippen molar-refractivity contribution in [1.29, 1.82) is 0 Å². The lowest BCUT2D eigenvalue weighted by Gasteiger charge is -2.28. The van der Waals surface area contributed by atoms with Crippen LogP contribution >= 0.6 is 0 Å². The van der Waals surface area contributed by atoms with Crippen molar-refractivity contribution in [1.82, 2.24) is 10.2 Å². The fourth-order valence-corrected chi connectivity index (χ4v) is 2.49. The average molecular weight is 308 g/mol. The van der Waals surface area contributed by atoms with Gasteiger partial charge in [-0.15, -0.1) is 0 Å². The number of carbonyl (C=O) groups is 2. The van der Waals surface area contributed by atoms with E-state index < -0.39 is 5.60 Å². The summed E-state index contributed by atoms with van der Waals surface area (Å²) >= 11 is 0. The first-order chi connectivity index (χ1) is 10.4. The van der Waals surface area contributed by atoms with Crippen LogP contribution in [0.2, 0.25) is 0 Å². The second-order valence-corrected chi connectivity index (χ2v) is 6.50. The lowest BCUT2D eigenvalue weighted by atomic mass is 10.2. The monoisotopic (exact) mass is 308 g/mol. The molecule has 0 aromatic carbocycles. The van der Waals surface area contributed by atoms with Gasteiger partial charge in [0.1, 0.15) is 5.60 Å². The number of hydrogen-bond acceptors (Lipinski definition) is 5. The summed E-state index contributed by atoms with van der Waals surface area (Å²) in [7, 11) is 0. The number of ether oxygens (including phenoxy) is 1. The minimum Gasteiger partial charge on any atom is -0.461 e. The molecule has 6 heteroatoms. The largest absolute Gasteiger partial charge is 0.461 e. The van der Waals surface area contributed by atoms with Crippen LogP contribution in [0.3, 0.4) is 0 Å². The van der Waals surface area contributed by atoms with Crippen LogP contribution in [-0.4, -0.2) is 48.1 Å². The van der Waals surface area contributed by atoms with E-state index in [4.69, 9.17) is 9.15 Å². The van der Waals surface area contributed by atoms with Gasteiger partial charge in [-0.25, -0.2) is 4.79 Å². The van der Waals surface area contributed by atoms with Crippen LogP contribution in [0.15, 0.2) is 22.8 Å². The molecule has 0 radical (unpaired) electrons. The highest BCUT2D eigenvalue weighted by molar-refractivity contribution is 5.94. The summed E-state index contributed by atoms with van der Waals surface area (Å²) < 4.78 is 10.5. The predicted molar refractivity (Wildman–Crippen MR) is 81.9 cm³/mol. The highest BCUT2D eigenvalue weighted by atomic mass is 16.6. The third kappa shape index (κ3) is 4.59. The lowest BCUT2D eigenvalue weighted by Crippen LogP contribution is -2.44. The predicted octanol–water partition coefficient (Wildman–Crippen LogP) is 2.45. The van der Waals surface area contributed by atoms with Crippen molar-refractivity contribution in [3.8, 4) is 0 Å². The molecule has 1 unspecified atom stereocenters. The fourth-order valence-electron chi connectivity index (χ4n) is 2.49. The topological polar surface area (TPSA) is 71.8 Å². The molecular weight excluding hydrogens is 284 g/mol. The lowest BCUT2D eigenvalue weighted by molar-refractivity contribution is 0.0227. The maximum absolute atomic E-state index is 12.1. The summed E-state index contributed by atoms with van der Waals surface area (Å²) in [5, 5.41) is 3.10. The molecule has 1 aliphatic heterocycles. The number of amides is 1. The molecule has 1 aliphatic rings. The number of nitrogens with one attached hydrogen (secondary N) is 1. The quantitative estimate of drug-likeness (QED) is 0.846. The second-order valence-electron chi connectivity index (χ2n) is 6.50. The molecule has 1 atom stereocenters. The van der Waals surface area contributed by atoms with E-state index in [1.165, 1.54) is 6.26 Å². The van der Waals surface area contributed by atoms with Gasteiger partial charge in [-0.3, -0.25) is 4.79 Å². The molecule has 0 aliphatic carbocycles. The first kappa shape index (κ1) is 16.5. The maximum Gasteiger partial charge on any atom is 0.410 e. The summed E-state index contributed by atoms with van der Waals surface area (Å²) in [5.74, 6) is 0.259. The minimum absolute atomic E-state index is 0.0688. The van der Waals surface area contributed by atoms with Gasteiger partial charge >= 0.3 is 6.09 Å². The third-order valence-electron chi connectivity index (χ3n) is 3.47. The molecular formula is C16H24N2O4. The summed E-state index contributed by atoms with van der Waals surface area (Å²) in [5.41, 5.74) is -0.493. The Labute approximate surface area is 130 Å². The number of hydrogen-bond donors (Lipinski definition) is 1. The smallest absolute Gasteiger partial charge is 0.410 e. The zero-order chi connectivity index (χ0) is 16.2. The normalized spacial score (nSPS) is 18.5. The molecule has 0 bridgehead atoms. The van der Waals surface area contributed by atoms with E-state index in [-0.39, 0.29) is 24.5 Å². The van der Waals surface area contributed by atoms with Crippen LogP contribution in [0.25, 0.3) is 0 Å². The Hall–Kier alpha value is -1.82. The van der Waals surface area contributed by atoms with Gasteiger partial charge in [-0.1, -0.05) is 0 Å². The molecule has 0 saturated carbocycles. The van der Waals surface area contributed by atoms with E-state index >= 15 is 0 Å². The molecule has 1 amide bonds. The number of carbonyl (C=O) groups excluding carboxylic acids is 2. The molecule has 2 heterocycles. The van der Waals surface area contributed by atoms with Gasteiger partial charge in [0.2, 0.25) is 5.78 Å². The zero-order valence-electron chi connectivity index (χ0n) is 13.4. The van der Waals surface area contributed by atoms with Gasteiger partial charge in [0, 0.05) is 19.1 Å². The van der Waals surface area contributed by atoms with Crippen LogP contribution in [0, 0.1) is 0 Å². The first-order valence-corrected chi connectivity index (χ1v) is 7.64. The Morgan fingerprint density at radius 1 is 1.45 bits per heavy atom. The molecule has 22 heavy (non-hydrogen) atoms. The second kappa shape index (κ2) is 6.96. The van der Waals surface area contributed by atoms with Crippen LogP contribution in [0.1, 0.15) is 44.2 Å². The van der Waals surface area contributed by atoms with Crippen molar-refractivity contribution in [3.63, 3.8) is 0 Å². The average Bonchev–Trinajstić information content (AvgIpc) is 3.08. The number of ketones is 1. The molecule has 1 saturated heterocycles. The highest BCUT2D eigenvalue weighted by Gasteiger charge is 2.31. The van der Waals surface area contributed by atoms with Crippen LogP contribution in [0.5, 0.6) is 0 Å². The molecule has 6 nitrogen and oxygen atoms in total. The van der Waals surface area contributed by atoms with E-state index in [1.807, 2.05) is 20.8 Å². The van der Waals surface area contributed by atoms with Gasteiger partial charge in [-0.2, -0.15) is 0 Å². The van der Waals surface area contributed by atoms with E-state index in [9.17, 15) is 9.59 Å². The highest BCUT2D eigenvalue weighted by Crippen LogP contribution is 2.20. The standard InChI is InChI=1S/C16H24N2O4/c1-16(2,3)22-15(20)18-8-4-6-12(18)10-17-11-13(19)14-7-5-9-21-14/h5,7,9,12,17H,4,6,8,10-11H2,1-3H3. The molecule has 122 valence electrons. The van der Waals surface area contributed by atoms with Crippen molar-refractivity contribution in [2.75, 3.05) is 19.6 Å². The Kier molecular flexibility index (Phi) is 5.24. The number of rotatable bonds is 5. The number of Topliss-reactive ketones (excluding diaryl/α,β-unsaturated/α-hetero) is 1. The van der Waals surface area contributed by atoms with Gasteiger partial charge < -0.3 is 19.4 Å². The first-order valence-electron chi connectivity index (χ1n) is 7.64. The summed E-state index contributed by atoms with van der Waals surface area (Å²) in [4.78, 5) is 25.7. The number of likely N-dealkylation sites (tertiary alicyclic amines) is 1. The summed E-state index contributed by atoms with van der Waals surface area (Å²) in [6.07, 6.45) is 3.07. The van der Waals surface area contributed by atoms with Crippen LogP contribution in [0.4, 0.5) is 4.79 Å². The van der Waals surface area contributed by atoms with Gasteiger partial charge in [0.15, 0.2) is 5.76 Å². The van der Waals surface area contributed by atoms with Crippen LogP contribution in [-0.2, 0) is 4.74 Å². The summed E-state index contributed by atoms with van der Waals surface area (Å²) in [6, 6.07) is 3.40. The Balaban J connectivity index is 1.79. The van der Waals surface area contributed by atoms with Crippen molar-refractivity contribution < 1.29 is 18.7 Å². The maximum atomic E-state index is 12.1. The molecule has 0 spiro atoms. The molecule has 1 N–H and O–H groups in total.